The van der Waals surface area contributed by atoms with Gasteiger partial charge in [0, 0.05) is 12.2 Å². The molecule has 0 spiro atoms. The zero-order valence-corrected chi connectivity index (χ0v) is 12.9. The lowest BCUT2D eigenvalue weighted by molar-refractivity contribution is -0.149. The largest absolute Gasteiger partial charge is 0.455 e. The van der Waals surface area contributed by atoms with Crippen LogP contribution >= 0.6 is 0 Å². The van der Waals surface area contributed by atoms with Crippen LogP contribution in [0.15, 0.2) is 24.3 Å². The summed E-state index contributed by atoms with van der Waals surface area (Å²) in [6.45, 7) is 6.25. The van der Waals surface area contributed by atoms with Gasteiger partial charge in [-0.3, -0.25) is 9.59 Å². The number of nitrogen functional groups attached to an aromatic ring is 1. The second-order valence-electron chi connectivity index (χ2n) is 5.53. The zero-order chi connectivity index (χ0) is 15.8. The van der Waals surface area contributed by atoms with Gasteiger partial charge in [-0.05, 0) is 37.0 Å². The second-order valence-corrected chi connectivity index (χ2v) is 5.53. The monoisotopic (exact) mass is 292 g/mol. The molecule has 0 heterocycles. The summed E-state index contributed by atoms with van der Waals surface area (Å²) in [4.78, 5) is 23.4. The molecule has 116 valence electrons. The van der Waals surface area contributed by atoms with Crippen LogP contribution < -0.4 is 11.1 Å². The third-order valence-corrected chi connectivity index (χ3v) is 3.15. The maximum Gasteiger partial charge on any atom is 0.313 e. The Morgan fingerprint density at radius 3 is 2.62 bits per heavy atom. The Labute approximate surface area is 125 Å². The van der Waals surface area contributed by atoms with Crippen LogP contribution in [0.4, 0.5) is 5.69 Å². The quantitative estimate of drug-likeness (QED) is 0.595. The van der Waals surface area contributed by atoms with Crippen molar-refractivity contribution in [3.63, 3.8) is 0 Å². The highest BCUT2D eigenvalue weighted by Gasteiger charge is 2.18. The minimum absolute atomic E-state index is 0.246. The third kappa shape index (κ3) is 6.29. The topological polar surface area (TPSA) is 81.4 Å². The average Bonchev–Trinajstić information content (AvgIpc) is 2.43. The zero-order valence-electron chi connectivity index (χ0n) is 12.9. The number of nitrogens with two attached hydrogens (primary N) is 1. The van der Waals surface area contributed by atoms with Gasteiger partial charge >= 0.3 is 5.97 Å². The van der Waals surface area contributed by atoms with Crippen LogP contribution in [0.3, 0.4) is 0 Å². The van der Waals surface area contributed by atoms with Crippen LogP contribution in [-0.4, -0.2) is 25.0 Å². The Balaban J connectivity index is 2.38. The fourth-order valence-corrected chi connectivity index (χ4v) is 1.78. The lowest BCUT2D eigenvalue weighted by Gasteiger charge is -2.12. The highest BCUT2D eigenvalue weighted by molar-refractivity contribution is 5.83. The number of nitrogens with one attached hydrogen (secondary N) is 1. The molecule has 0 aromatic heterocycles. The van der Waals surface area contributed by atoms with E-state index in [0.29, 0.717) is 18.2 Å². The maximum atomic E-state index is 11.9. The molecule has 1 rings (SSSR count). The summed E-state index contributed by atoms with van der Waals surface area (Å²) in [7, 11) is 0. The summed E-state index contributed by atoms with van der Waals surface area (Å²) in [6.07, 6.45) is 0.902. The molecule has 0 saturated carbocycles. The third-order valence-electron chi connectivity index (χ3n) is 3.15. The molecule has 21 heavy (non-hydrogen) atoms. The first-order chi connectivity index (χ1) is 9.90. The van der Waals surface area contributed by atoms with Crippen molar-refractivity contribution in [3.8, 4) is 0 Å². The Bertz CT molecular complexity index is 486. The summed E-state index contributed by atoms with van der Waals surface area (Å²) in [5.74, 6) is -0.628. The molecule has 1 aromatic rings. The van der Waals surface area contributed by atoms with Crippen molar-refractivity contribution in [2.45, 2.75) is 33.1 Å². The van der Waals surface area contributed by atoms with E-state index in [4.69, 9.17) is 10.5 Å². The summed E-state index contributed by atoms with van der Waals surface area (Å²) in [5, 5.41) is 2.72. The number of carbonyl (C=O) groups is 2. The smallest absolute Gasteiger partial charge is 0.313 e. The number of ether oxygens (including phenoxy) is 1. The van der Waals surface area contributed by atoms with Gasteiger partial charge in [0.05, 0.1) is 5.92 Å². The Kier molecular flexibility index (Phi) is 6.72. The summed E-state index contributed by atoms with van der Waals surface area (Å²) >= 11 is 0. The van der Waals surface area contributed by atoms with E-state index >= 15 is 0 Å². The van der Waals surface area contributed by atoms with Gasteiger partial charge < -0.3 is 15.8 Å². The fourth-order valence-electron chi connectivity index (χ4n) is 1.78. The van der Waals surface area contributed by atoms with Gasteiger partial charge in [0.15, 0.2) is 6.61 Å². The number of rotatable bonds is 7. The van der Waals surface area contributed by atoms with Gasteiger partial charge in [-0.15, -0.1) is 0 Å². The highest BCUT2D eigenvalue weighted by atomic mass is 16.5. The van der Waals surface area contributed by atoms with Gasteiger partial charge in [-0.2, -0.15) is 0 Å². The Morgan fingerprint density at radius 2 is 2.00 bits per heavy atom. The van der Waals surface area contributed by atoms with Crippen LogP contribution in [0.25, 0.3) is 0 Å². The van der Waals surface area contributed by atoms with Crippen LogP contribution in [-0.2, 0) is 14.3 Å². The van der Waals surface area contributed by atoms with Crippen molar-refractivity contribution in [1.29, 1.82) is 0 Å². The van der Waals surface area contributed by atoms with Crippen molar-refractivity contribution in [1.82, 2.24) is 5.32 Å². The first-order valence-corrected chi connectivity index (χ1v) is 7.19. The molecule has 3 N–H and O–H groups in total. The van der Waals surface area contributed by atoms with E-state index in [-0.39, 0.29) is 12.5 Å². The minimum Gasteiger partial charge on any atom is -0.455 e. The predicted molar refractivity (Wildman–Crippen MR) is 82.7 cm³/mol. The van der Waals surface area contributed by atoms with E-state index in [1.807, 2.05) is 6.07 Å². The van der Waals surface area contributed by atoms with Crippen molar-refractivity contribution in [3.05, 3.63) is 29.8 Å². The van der Waals surface area contributed by atoms with Gasteiger partial charge in [-0.25, -0.2) is 0 Å². The molecule has 0 aliphatic heterocycles. The number of amides is 1. The molecule has 5 nitrogen and oxygen atoms in total. The van der Waals surface area contributed by atoms with Crippen molar-refractivity contribution >= 4 is 17.6 Å². The van der Waals surface area contributed by atoms with Crippen molar-refractivity contribution < 1.29 is 14.3 Å². The summed E-state index contributed by atoms with van der Waals surface area (Å²) in [5.41, 5.74) is 7.06. The summed E-state index contributed by atoms with van der Waals surface area (Å²) in [6, 6.07) is 7.08. The van der Waals surface area contributed by atoms with Crippen LogP contribution in [0.2, 0.25) is 0 Å². The molecule has 1 aromatic carbocycles. The molecule has 5 heteroatoms. The molecule has 0 fully saturated rings. The van der Waals surface area contributed by atoms with Crippen molar-refractivity contribution in [2.75, 3.05) is 18.9 Å². The van der Waals surface area contributed by atoms with Gasteiger partial charge in [0.25, 0.3) is 5.91 Å². The van der Waals surface area contributed by atoms with Gasteiger partial charge in [0.2, 0.25) is 0 Å². The van der Waals surface area contributed by atoms with Crippen LogP contribution in [0.1, 0.15) is 38.7 Å². The number of benzene rings is 1. The van der Waals surface area contributed by atoms with E-state index in [2.05, 4.69) is 19.2 Å². The van der Waals surface area contributed by atoms with E-state index in [1.54, 1.807) is 25.1 Å². The fraction of sp³-hybridized carbons (Fsp3) is 0.500. The van der Waals surface area contributed by atoms with E-state index < -0.39 is 11.9 Å². The van der Waals surface area contributed by atoms with E-state index in [1.165, 1.54) is 0 Å². The van der Waals surface area contributed by atoms with E-state index in [9.17, 15) is 9.59 Å². The highest BCUT2D eigenvalue weighted by Crippen LogP contribution is 2.18. The normalized spacial score (nSPS) is 12.0. The van der Waals surface area contributed by atoms with Crippen LogP contribution in [0, 0.1) is 5.92 Å². The first-order valence-electron chi connectivity index (χ1n) is 7.19. The van der Waals surface area contributed by atoms with Gasteiger partial charge in [0.1, 0.15) is 0 Å². The molecular weight excluding hydrogens is 268 g/mol. The Morgan fingerprint density at radius 1 is 1.29 bits per heavy atom. The molecule has 1 unspecified atom stereocenters. The average molecular weight is 292 g/mol. The Hall–Kier alpha value is -2.04. The number of hydrogen-bond acceptors (Lipinski definition) is 4. The lowest BCUT2D eigenvalue weighted by atomic mass is 10.0. The van der Waals surface area contributed by atoms with Crippen LogP contribution in [0.5, 0.6) is 0 Å². The second kappa shape index (κ2) is 8.29. The molecular formula is C16H24N2O3. The lowest BCUT2D eigenvalue weighted by Crippen LogP contribution is -2.30. The predicted octanol–water partition coefficient (Wildman–Crippen LogP) is 2.08. The first kappa shape index (κ1) is 17.0. The van der Waals surface area contributed by atoms with E-state index in [0.717, 1.165) is 12.0 Å². The summed E-state index contributed by atoms with van der Waals surface area (Å²) < 4.78 is 5.03. The number of carbonyl (C=O) groups excluding carboxylic acids is 2. The molecule has 0 radical (unpaired) electrons. The molecule has 0 saturated heterocycles. The minimum atomic E-state index is -0.447. The molecule has 0 aliphatic carbocycles. The molecule has 0 aliphatic rings. The molecule has 0 bridgehead atoms. The number of esters is 1. The number of hydrogen-bond donors (Lipinski definition) is 2. The maximum absolute atomic E-state index is 11.9. The molecule has 1 amide bonds. The van der Waals surface area contributed by atoms with Crippen molar-refractivity contribution in [2.24, 2.45) is 5.92 Å². The molecule has 1 atom stereocenters. The van der Waals surface area contributed by atoms with Gasteiger partial charge in [-0.1, -0.05) is 26.0 Å². The SMILES string of the molecule is CC(C)CCNC(=O)COC(=O)C(C)c1cccc(N)c1. The standard InChI is InChI=1S/C16H24N2O3/c1-11(2)7-8-18-15(19)10-21-16(20)12(3)13-5-4-6-14(17)9-13/h4-6,9,11-12H,7-8,10,17H2,1-3H3,(H,18,19). The number of anilines is 1.